The lowest BCUT2D eigenvalue weighted by Gasteiger charge is -2.02. The summed E-state index contributed by atoms with van der Waals surface area (Å²) in [5.74, 6) is 0.216. The molecule has 2 heterocycles. The van der Waals surface area contributed by atoms with Gasteiger partial charge in [0.05, 0.1) is 11.3 Å². The average molecular weight is 454 g/mol. The molecule has 2 N–H and O–H groups in total. The zero-order chi connectivity index (χ0) is 21.6. The van der Waals surface area contributed by atoms with E-state index < -0.39 is 0 Å². The number of thiophene rings is 1. The van der Waals surface area contributed by atoms with Gasteiger partial charge in [-0.3, -0.25) is 9.89 Å². The molecular weight excluding hydrogens is 433 g/mol. The molecule has 0 unspecified atom stereocenters. The molecule has 0 saturated heterocycles. The lowest BCUT2D eigenvalue weighted by Crippen LogP contribution is -2.14. The predicted molar refractivity (Wildman–Crippen MR) is 121 cm³/mol. The second-order valence-electron chi connectivity index (χ2n) is 7.11. The number of nitrogens with zero attached hydrogens (tertiary/aromatic N) is 3. The number of benzene rings is 1. The Morgan fingerprint density at radius 3 is 2.87 bits per heavy atom. The van der Waals surface area contributed by atoms with Crippen molar-refractivity contribution in [3.05, 3.63) is 57.5 Å². The second-order valence-corrected chi connectivity index (χ2v) is 9.15. The molecule has 9 heteroatoms. The first-order chi connectivity index (χ1) is 15.1. The number of carbonyl (C=O) groups excluding carboxylic acids is 1. The summed E-state index contributed by atoms with van der Waals surface area (Å²) >= 11 is 2.74. The molecule has 0 aliphatic heterocycles. The van der Waals surface area contributed by atoms with Crippen LogP contribution in [0.2, 0.25) is 0 Å². The minimum atomic E-state index is -0.283. The van der Waals surface area contributed by atoms with Crippen molar-refractivity contribution >= 4 is 46.2 Å². The third-order valence-corrected chi connectivity index (χ3v) is 6.96. The van der Waals surface area contributed by atoms with E-state index in [0.717, 1.165) is 36.8 Å². The Bertz CT molecular complexity index is 1140. The molecule has 0 atom stereocenters. The first-order valence-electron chi connectivity index (χ1n) is 9.95. The van der Waals surface area contributed by atoms with Crippen LogP contribution in [0.3, 0.4) is 0 Å². The number of nitrogens with one attached hydrogen (secondary N) is 2. The number of fused-ring (bicyclic) bond motifs is 1. The van der Waals surface area contributed by atoms with Crippen molar-refractivity contribution in [3.8, 4) is 6.07 Å². The van der Waals surface area contributed by atoms with Crippen LogP contribution in [0.4, 0.5) is 9.39 Å². The molecule has 2 aromatic heterocycles. The number of thioether (sulfide) groups is 1. The fraction of sp³-hybridized carbons (Fsp3) is 0.273. The number of nitriles is 1. The molecule has 0 saturated carbocycles. The summed E-state index contributed by atoms with van der Waals surface area (Å²) in [5, 5.41) is 20.5. The zero-order valence-electron chi connectivity index (χ0n) is 16.7. The van der Waals surface area contributed by atoms with Gasteiger partial charge in [0.2, 0.25) is 11.1 Å². The monoisotopic (exact) mass is 453 g/mol. The van der Waals surface area contributed by atoms with Crippen LogP contribution in [-0.2, 0) is 17.6 Å². The predicted octanol–water partition coefficient (Wildman–Crippen LogP) is 5.05. The van der Waals surface area contributed by atoms with Gasteiger partial charge in [-0.15, -0.1) is 16.4 Å². The number of aryl methyl sites for hydroxylation is 1. The van der Waals surface area contributed by atoms with Gasteiger partial charge in [-0.25, -0.2) is 9.37 Å². The van der Waals surface area contributed by atoms with Gasteiger partial charge in [0, 0.05) is 4.88 Å². The van der Waals surface area contributed by atoms with E-state index >= 15 is 0 Å². The van der Waals surface area contributed by atoms with E-state index in [0.29, 0.717) is 21.5 Å². The normalized spacial score (nSPS) is 13.5. The summed E-state index contributed by atoms with van der Waals surface area (Å²) in [6, 6.07) is 8.40. The van der Waals surface area contributed by atoms with Crippen molar-refractivity contribution in [2.75, 3.05) is 11.1 Å². The molecule has 0 radical (unpaired) electrons. The molecule has 4 rings (SSSR count). The lowest BCUT2D eigenvalue weighted by atomic mass is 10.1. The number of rotatable bonds is 6. The Morgan fingerprint density at radius 2 is 2.06 bits per heavy atom. The third-order valence-electron chi connectivity index (χ3n) is 4.90. The van der Waals surface area contributed by atoms with Crippen molar-refractivity contribution < 1.29 is 9.18 Å². The Morgan fingerprint density at radius 1 is 1.26 bits per heavy atom. The van der Waals surface area contributed by atoms with Gasteiger partial charge in [0.25, 0.3) is 0 Å². The van der Waals surface area contributed by atoms with Crippen LogP contribution >= 0.6 is 23.1 Å². The summed E-state index contributed by atoms with van der Waals surface area (Å²) in [4.78, 5) is 18.0. The van der Waals surface area contributed by atoms with Gasteiger partial charge in [0.1, 0.15) is 22.7 Å². The smallest absolute Gasteiger partial charge is 0.235 e. The number of halogens is 1. The molecule has 3 aromatic rings. The van der Waals surface area contributed by atoms with E-state index in [4.69, 9.17) is 0 Å². The molecule has 0 fully saturated rings. The van der Waals surface area contributed by atoms with Gasteiger partial charge < -0.3 is 5.32 Å². The summed E-state index contributed by atoms with van der Waals surface area (Å²) < 4.78 is 13.0. The lowest BCUT2D eigenvalue weighted by molar-refractivity contribution is -0.113. The number of amides is 1. The molecule has 6 nitrogen and oxygen atoms in total. The highest BCUT2D eigenvalue weighted by Crippen LogP contribution is 2.37. The summed E-state index contributed by atoms with van der Waals surface area (Å²) in [7, 11) is 0. The Kier molecular flexibility index (Phi) is 6.79. The van der Waals surface area contributed by atoms with Crippen LogP contribution in [0, 0.1) is 17.1 Å². The van der Waals surface area contributed by atoms with E-state index in [-0.39, 0.29) is 17.5 Å². The number of H-pyrrole nitrogens is 1. The maximum absolute atomic E-state index is 13.0. The van der Waals surface area contributed by atoms with Crippen LogP contribution in [-0.4, -0.2) is 26.8 Å². The minimum absolute atomic E-state index is 0.145. The summed E-state index contributed by atoms with van der Waals surface area (Å²) in [6.45, 7) is 0. The standard InChI is InChI=1S/C22H20FN5OS2/c23-15-9-6-14(7-10-15)8-11-19-25-22(28-27-19)30-13-20(29)26-21-17(12-24)16-4-2-1-3-5-18(16)31-21/h6-11H,1-5,13H2,(H,26,29)(H,25,27,28)/b11-8+. The highest BCUT2D eigenvalue weighted by Gasteiger charge is 2.21. The molecule has 1 aliphatic carbocycles. The Balaban J connectivity index is 1.34. The van der Waals surface area contributed by atoms with E-state index in [1.165, 1.54) is 46.5 Å². The van der Waals surface area contributed by atoms with Crippen LogP contribution in [0.15, 0.2) is 29.4 Å². The number of anilines is 1. The van der Waals surface area contributed by atoms with Crippen molar-refractivity contribution in [1.29, 1.82) is 5.26 Å². The quantitative estimate of drug-likeness (QED) is 0.402. The first kappa shape index (κ1) is 21.3. The highest BCUT2D eigenvalue weighted by atomic mass is 32.2. The third kappa shape index (κ3) is 5.40. The molecule has 0 spiro atoms. The van der Waals surface area contributed by atoms with Gasteiger partial charge in [-0.2, -0.15) is 5.26 Å². The maximum atomic E-state index is 13.0. The van der Waals surface area contributed by atoms with Crippen LogP contribution in [0.1, 0.15) is 46.7 Å². The molecule has 158 valence electrons. The zero-order valence-corrected chi connectivity index (χ0v) is 18.3. The average Bonchev–Trinajstić information content (AvgIpc) is 3.28. The first-order valence-corrected chi connectivity index (χ1v) is 11.8. The molecule has 0 bridgehead atoms. The second kappa shape index (κ2) is 9.90. The van der Waals surface area contributed by atoms with Crippen LogP contribution in [0.5, 0.6) is 0 Å². The van der Waals surface area contributed by atoms with Crippen molar-refractivity contribution in [3.63, 3.8) is 0 Å². The van der Waals surface area contributed by atoms with Gasteiger partial charge in [-0.05, 0) is 55.0 Å². The van der Waals surface area contributed by atoms with Crippen molar-refractivity contribution in [2.45, 2.75) is 37.3 Å². The number of aromatic nitrogens is 3. The Labute approximate surface area is 187 Å². The van der Waals surface area contributed by atoms with Gasteiger partial charge in [-0.1, -0.05) is 36.4 Å². The SMILES string of the molecule is N#Cc1c(NC(=O)CSc2n[nH]c(/C=C/c3ccc(F)cc3)n2)sc2c1CCCCC2. The van der Waals surface area contributed by atoms with Crippen molar-refractivity contribution in [2.24, 2.45) is 0 Å². The molecule has 1 amide bonds. The molecule has 1 aromatic carbocycles. The summed E-state index contributed by atoms with van der Waals surface area (Å²) in [6.07, 6.45) is 8.82. The van der Waals surface area contributed by atoms with Gasteiger partial charge in [0.15, 0.2) is 0 Å². The van der Waals surface area contributed by atoms with E-state index in [1.54, 1.807) is 24.3 Å². The van der Waals surface area contributed by atoms with Crippen LogP contribution in [0.25, 0.3) is 12.2 Å². The van der Waals surface area contributed by atoms with Gasteiger partial charge >= 0.3 is 0 Å². The molecule has 1 aliphatic rings. The highest BCUT2D eigenvalue weighted by molar-refractivity contribution is 7.99. The number of carbonyl (C=O) groups is 1. The fourth-order valence-corrected chi connectivity index (χ4v) is 5.25. The van der Waals surface area contributed by atoms with Crippen molar-refractivity contribution in [1.82, 2.24) is 15.2 Å². The number of hydrogen-bond donors (Lipinski definition) is 2. The van der Waals surface area contributed by atoms with E-state index in [1.807, 2.05) is 0 Å². The minimum Gasteiger partial charge on any atom is -0.316 e. The van der Waals surface area contributed by atoms with Crippen LogP contribution < -0.4 is 5.32 Å². The van der Waals surface area contributed by atoms with E-state index in [9.17, 15) is 14.4 Å². The largest absolute Gasteiger partial charge is 0.316 e. The fourth-order valence-electron chi connectivity index (χ4n) is 3.39. The topological polar surface area (TPSA) is 94.5 Å². The maximum Gasteiger partial charge on any atom is 0.235 e. The van der Waals surface area contributed by atoms with E-state index in [2.05, 4.69) is 26.6 Å². The molecular formula is C22H20FN5OS2. The number of hydrogen-bond acceptors (Lipinski definition) is 6. The number of aromatic amines is 1. The summed E-state index contributed by atoms with van der Waals surface area (Å²) in [5.41, 5.74) is 2.57. The Hall–Kier alpha value is -2.96. The molecule has 31 heavy (non-hydrogen) atoms.